The van der Waals surface area contributed by atoms with E-state index in [1.54, 1.807) is 12.4 Å². The van der Waals surface area contributed by atoms with E-state index in [2.05, 4.69) is 9.97 Å². The van der Waals surface area contributed by atoms with Crippen LogP contribution in [0.25, 0.3) is 0 Å². The molecule has 2 aliphatic heterocycles. The Morgan fingerprint density at radius 3 is 2.91 bits per heavy atom. The lowest BCUT2D eigenvalue weighted by Gasteiger charge is -2.38. The number of ether oxygens (including phenoxy) is 1. The van der Waals surface area contributed by atoms with E-state index >= 15 is 0 Å². The van der Waals surface area contributed by atoms with Crippen LogP contribution in [0.2, 0.25) is 0 Å². The largest absolute Gasteiger partial charge is 0.375 e. The third-order valence-corrected chi connectivity index (χ3v) is 4.93. The second-order valence-corrected chi connectivity index (χ2v) is 6.66. The summed E-state index contributed by atoms with van der Waals surface area (Å²) in [6, 6.07) is 0. The predicted molar refractivity (Wildman–Crippen MR) is 83.7 cm³/mol. The van der Waals surface area contributed by atoms with Gasteiger partial charge in [-0.05, 0) is 31.6 Å². The number of piperidine rings is 1. The van der Waals surface area contributed by atoms with E-state index in [4.69, 9.17) is 16.3 Å². The van der Waals surface area contributed by atoms with Gasteiger partial charge in [0.2, 0.25) is 5.91 Å². The van der Waals surface area contributed by atoms with Gasteiger partial charge in [-0.2, -0.15) is 0 Å². The standard InChI is InChI=1S/C16H22ClN3O2/c17-4-1-15(21)20-7-2-16(3-8-20)10-13(12-22-16)9-14-11-18-5-6-19-14/h5-6,11,13H,1-4,7-10,12H2. The van der Waals surface area contributed by atoms with Crippen molar-refractivity contribution in [3.05, 3.63) is 24.3 Å². The van der Waals surface area contributed by atoms with Crippen LogP contribution in [-0.4, -0.2) is 52.0 Å². The molecule has 5 nitrogen and oxygen atoms in total. The Morgan fingerprint density at radius 1 is 1.41 bits per heavy atom. The second-order valence-electron chi connectivity index (χ2n) is 6.28. The van der Waals surface area contributed by atoms with E-state index in [-0.39, 0.29) is 11.5 Å². The second kappa shape index (κ2) is 6.92. The van der Waals surface area contributed by atoms with Gasteiger partial charge in [0.05, 0.1) is 17.9 Å². The van der Waals surface area contributed by atoms with Crippen LogP contribution >= 0.6 is 11.6 Å². The van der Waals surface area contributed by atoms with Crippen LogP contribution in [0.5, 0.6) is 0 Å². The molecule has 0 radical (unpaired) electrons. The lowest BCUT2D eigenvalue weighted by molar-refractivity contribution is -0.135. The maximum atomic E-state index is 11.9. The zero-order valence-corrected chi connectivity index (χ0v) is 13.5. The average molecular weight is 324 g/mol. The van der Waals surface area contributed by atoms with E-state index < -0.39 is 0 Å². The number of halogens is 1. The Bertz CT molecular complexity index is 503. The number of amides is 1. The number of hydrogen-bond donors (Lipinski definition) is 0. The third kappa shape index (κ3) is 3.58. The molecule has 2 saturated heterocycles. The van der Waals surface area contributed by atoms with Crippen LogP contribution in [-0.2, 0) is 16.0 Å². The Hall–Kier alpha value is -1.20. The molecule has 120 valence electrons. The van der Waals surface area contributed by atoms with Crippen molar-refractivity contribution in [2.75, 3.05) is 25.6 Å². The summed E-state index contributed by atoms with van der Waals surface area (Å²) in [6.45, 7) is 2.35. The summed E-state index contributed by atoms with van der Waals surface area (Å²) in [6.07, 6.45) is 9.54. The van der Waals surface area contributed by atoms with Gasteiger partial charge in [0.15, 0.2) is 0 Å². The summed E-state index contributed by atoms with van der Waals surface area (Å²) < 4.78 is 6.14. The summed E-state index contributed by atoms with van der Waals surface area (Å²) in [5.74, 6) is 1.07. The van der Waals surface area contributed by atoms with Crippen LogP contribution in [0.4, 0.5) is 0 Å². The molecule has 22 heavy (non-hydrogen) atoms. The highest BCUT2D eigenvalue weighted by Gasteiger charge is 2.43. The number of aromatic nitrogens is 2. The first-order valence-electron chi connectivity index (χ1n) is 7.93. The lowest BCUT2D eigenvalue weighted by atomic mass is 9.84. The molecule has 0 aromatic carbocycles. The Morgan fingerprint density at radius 2 is 2.23 bits per heavy atom. The molecule has 3 rings (SSSR count). The monoisotopic (exact) mass is 323 g/mol. The number of carbonyl (C=O) groups is 1. The molecule has 2 aliphatic rings. The molecule has 0 saturated carbocycles. The summed E-state index contributed by atoms with van der Waals surface area (Å²) >= 11 is 5.65. The molecule has 1 spiro atoms. The molecule has 1 aromatic rings. The number of likely N-dealkylation sites (tertiary alicyclic amines) is 1. The highest BCUT2D eigenvalue weighted by Crippen LogP contribution is 2.39. The minimum atomic E-state index is -0.0371. The Labute approximate surface area is 136 Å². The topological polar surface area (TPSA) is 55.3 Å². The van der Waals surface area contributed by atoms with Gasteiger partial charge >= 0.3 is 0 Å². The quantitative estimate of drug-likeness (QED) is 0.796. The van der Waals surface area contributed by atoms with Crippen LogP contribution < -0.4 is 0 Å². The predicted octanol–water partition coefficient (Wildman–Crippen LogP) is 2.05. The molecule has 2 fully saturated rings. The van der Waals surface area contributed by atoms with E-state index in [0.29, 0.717) is 18.2 Å². The molecule has 6 heteroatoms. The van der Waals surface area contributed by atoms with Crippen molar-refractivity contribution < 1.29 is 9.53 Å². The maximum Gasteiger partial charge on any atom is 0.223 e. The first-order chi connectivity index (χ1) is 10.7. The molecular weight excluding hydrogens is 302 g/mol. The average Bonchev–Trinajstić information content (AvgIpc) is 2.92. The zero-order valence-electron chi connectivity index (χ0n) is 12.7. The van der Waals surface area contributed by atoms with Crippen molar-refractivity contribution in [1.82, 2.24) is 14.9 Å². The highest BCUT2D eigenvalue weighted by molar-refractivity contribution is 6.18. The number of rotatable bonds is 4. The van der Waals surface area contributed by atoms with Crippen LogP contribution in [0.15, 0.2) is 18.6 Å². The lowest BCUT2D eigenvalue weighted by Crippen LogP contribution is -2.46. The molecule has 1 atom stereocenters. The zero-order chi connectivity index (χ0) is 15.4. The fourth-order valence-electron chi connectivity index (χ4n) is 3.55. The van der Waals surface area contributed by atoms with Gasteiger partial charge in [-0.25, -0.2) is 0 Å². The van der Waals surface area contributed by atoms with Crippen LogP contribution in [0.1, 0.15) is 31.4 Å². The van der Waals surface area contributed by atoms with Crippen molar-refractivity contribution in [1.29, 1.82) is 0 Å². The molecule has 1 unspecified atom stereocenters. The van der Waals surface area contributed by atoms with E-state index in [0.717, 1.165) is 51.1 Å². The van der Waals surface area contributed by atoms with Gasteiger partial charge in [0.1, 0.15) is 0 Å². The number of nitrogens with zero attached hydrogens (tertiary/aromatic N) is 3. The van der Waals surface area contributed by atoms with Crippen molar-refractivity contribution >= 4 is 17.5 Å². The minimum absolute atomic E-state index is 0.0371. The van der Waals surface area contributed by atoms with Crippen molar-refractivity contribution in [2.45, 2.75) is 37.7 Å². The molecule has 0 bridgehead atoms. The first-order valence-corrected chi connectivity index (χ1v) is 8.47. The maximum absolute atomic E-state index is 11.9. The summed E-state index contributed by atoms with van der Waals surface area (Å²) in [5.41, 5.74) is 0.993. The fraction of sp³-hybridized carbons (Fsp3) is 0.688. The minimum Gasteiger partial charge on any atom is -0.375 e. The van der Waals surface area contributed by atoms with E-state index in [1.807, 2.05) is 11.1 Å². The SMILES string of the molecule is O=C(CCCl)N1CCC2(CC1)CC(Cc1cnccn1)CO2. The van der Waals surface area contributed by atoms with Crippen LogP contribution in [0.3, 0.4) is 0 Å². The van der Waals surface area contributed by atoms with Crippen molar-refractivity contribution in [3.8, 4) is 0 Å². The normalized spacial score (nSPS) is 23.9. The van der Waals surface area contributed by atoms with Gasteiger partial charge in [-0.3, -0.25) is 14.8 Å². The molecule has 1 aromatic heterocycles. The summed E-state index contributed by atoms with van der Waals surface area (Å²) in [5, 5.41) is 0. The van der Waals surface area contributed by atoms with Crippen LogP contribution in [0, 0.1) is 5.92 Å². The smallest absolute Gasteiger partial charge is 0.223 e. The molecule has 0 N–H and O–H groups in total. The first kappa shape index (κ1) is 15.7. The number of alkyl halides is 1. The number of hydrogen-bond acceptors (Lipinski definition) is 4. The summed E-state index contributed by atoms with van der Waals surface area (Å²) in [7, 11) is 0. The Balaban J connectivity index is 1.51. The van der Waals surface area contributed by atoms with Crippen molar-refractivity contribution in [2.24, 2.45) is 5.92 Å². The van der Waals surface area contributed by atoms with Gasteiger partial charge in [0, 0.05) is 44.0 Å². The molecule has 0 aliphatic carbocycles. The Kier molecular flexibility index (Phi) is 4.93. The highest BCUT2D eigenvalue weighted by atomic mass is 35.5. The number of carbonyl (C=O) groups excluding carboxylic acids is 1. The third-order valence-electron chi connectivity index (χ3n) is 4.74. The van der Waals surface area contributed by atoms with Crippen molar-refractivity contribution in [3.63, 3.8) is 0 Å². The summed E-state index contributed by atoms with van der Waals surface area (Å²) in [4.78, 5) is 22.3. The molecule has 3 heterocycles. The molecule has 1 amide bonds. The molecular formula is C16H22ClN3O2. The van der Waals surface area contributed by atoms with E-state index in [1.165, 1.54) is 0 Å². The van der Waals surface area contributed by atoms with E-state index in [9.17, 15) is 4.79 Å². The van der Waals surface area contributed by atoms with Gasteiger partial charge in [-0.1, -0.05) is 0 Å². The fourth-order valence-corrected chi connectivity index (χ4v) is 3.71. The van der Waals surface area contributed by atoms with Gasteiger partial charge < -0.3 is 9.64 Å². The van der Waals surface area contributed by atoms with Gasteiger partial charge in [-0.15, -0.1) is 11.6 Å². The van der Waals surface area contributed by atoms with Gasteiger partial charge in [0.25, 0.3) is 0 Å².